The highest BCUT2D eigenvalue weighted by Crippen LogP contribution is 2.17. The van der Waals surface area contributed by atoms with Gasteiger partial charge in [-0.05, 0) is 41.1 Å². The monoisotopic (exact) mass is 273 g/mol. The molecule has 0 radical (unpaired) electrons. The van der Waals surface area contributed by atoms with Gasteiger partial charge in [0.25, 0.3) is 5.91 Å². The second-order valence-corrected chi connectivity index (χ2v) is 3.86. The van der Waals surface area contributed by atoms with E-state index >= 15 is 0 Å². The van der Waals surface area contributed by atoms with Crippen LogP contribution in [0.4, 0.5) is 4.39 Å². The summed E-state index contributed by atoms with van der Waals surface area (Å²) in [5.41, 5.74) is 0.177. The lowest BCUT2D eigenvalue weighted by Crippen LogP contribution is -2.28. The van der Waals surface area contributed by atoms with Crippen molar-refractivity contribution in [3.05, 3.63) is 34.1 Å². The molecule has 1 rings (SSSR count). The normalized spacial score (nSPS) is 9.80. The number of halogens is 2. The van der Waals surface area contributed by atoms with Crippen LogP contribution in [-0.2, 0) is 4.79 Å². The zero-order chi connectivity index (χ0) is 11.4. The van der Waals surface area contributed by atoms with Crippen molar-refractivity contribution in [2.45, 2.75) is 6.92 Å². The zero-order valence-electron chi connectivity index (χ0n) is 8.01. The van der Waals surface area contributed by atoms with Crippen molar-refractivity contribution in [3.63, 3.8) is 0 Å². The van der Waals surface area contributed by atoms with Crippen LogP contribution in [0.3, 0.4) is 0 Å². The van der Waals surface area contributed by atoms with Gasteiger partial charge in [-0.15, -0.1) is 0 Å². The lowest BCUT2D eigenvalue weighted by atomic mass is 10.2. The lowest BCUT2D eigenvalue weighted by Gasteiger charge is -2.04. The molecule has 1 aromatic rings. The quantitative estimate of drug-likeness (QED) is 0.915. The van der Waals surface area contributed by atoms with Gasteiger partial charge in [0.15, 0.2) is 0 Å². The number of amides is 1. The summed E-state index contributed by atoms with van der Waals surface area (Å²) in [6, 6.07) is 3.80. The molecule has 0 saturated heterocycles. The molecule has 1 aromatic carbocycles. The summed E-state index contributed by atoms with van der Waals surface area (Å²) in [5.74, 6) is -1.13. The molecule has 15 heavy (non-hydrogen) atoms. The second-order valence-electron chi connectivity index (χ2n) is 3.01. The molecule has 5 heteroatoms. The predicted molar refractivity (Wildman–Crippen MR) is 57.1 cm³/mol. The smallest absolute Gasteiger partial charge is 0.252 e. The average Bonchev–Trinajstić information content (AvgIpc) is 2.18. The third kappa shape index (κ3) is 3.43. The van der Waals surface area contributed by atoms with Crippen molar-refractivity contribution in [2.75, 3.05) is 6.54 Å². The fourth-order valence-corrected chi connectivity index (χ4v) is 1.40. The SMILES string of the molecule is CC(=O)CNC(=O)c1cc(F)ccc1Br. The summed E-state index contributed by atoms with van der Waals surface area (Å²) < 4.78 is 13.3. The number of carbonyl (C=O) groups excluding carboxylic acids is 2. The van der Waals surface area contributed by atoms with E-state index in [1.165, 1.54) is 19.1 Å². The number of Topliss-reactive ketones (excluding diaryl/α,β-unsaturated/α-hetero) is 1. The van der Waals surface area contributed by atoms with Crippen LogP contribution in [0.25, 0.3) is 0 Å². The van der Waals surface area contributed by atoms with Gasteiger partial charge in [0.05, 0.1) is 12.1 Å². The Hall–Kier alpha value is -1.23. The minimum atomic E-state index is -0.494. The Bertz CT molecular complexity index is 406. The summed E-state index contributed by atoms with van der Waals surface area (Å²) in [7, 11) is 0. The van der Waals surface area contributed by atoms with E-state index in [1.54, 1.807) is 0 Å². The number of nitrogens with one attached hydrogen (secondary N) is 1. The van der Waals surface area contributed by atoms with Crippen LogP contribution in [0.15, 0.2) is 22.7 Å². The van der Waals surface area contributed by atoms with E-state index in [9.17, 15) is 14.0 Å². The minimum absolute atomic E-state index is 0.0538. The maximum atomic E-state index is 12.8. The van der Waals surface area contributed by atoms with Gasteiger partial charge < -0.3 is 5.32 Å². The van der Waals surface area contributed by atoms with Gasteiger partial charge in [-0.25, -0.2) is 4.39 Å². The van der Waals surface area contributed by atoms with Crippen LogP contribution in [0.5, 0.6) is 0 Å². The molecule has 0 spiro atoms. The second kappa shape index (κ2) is 5.02. The van der Waals surface area contributed by atoms with E-state index in [2.05, 4.69) is 21.2 Å². The molecule has 3 nitrogen and oxygen atoms in total. The maximum Gasteiger partial charge on any atom is 0.252 e. The van der Waals surface area contributed by atoms with Crippen LogP contribution in [0.1, 0.15) is 17.3 Å². The zero-order valence-corrected chi connectivity index (χ0v) is 9.60. The molecule has 0 bridgehead atoms. The summed E-state index contributed by atoms with van der Waals surface area (Å²) >= 11 is 3.13. The van der Waals surface area contributed by atoms with E-state index < -0.39 is 11.7 Å². The number of rotatable bonds is 3. The van der Waals surface area contributed by atoms with Crippen LogP contribution >= 0.6 is 15.9 Å². The molecule has 0 atom stereocenters. The largest absolute Gasteiger partial charge is 0.345 e. The number of hydrogen-bond donors (Lipinski definition) is 1. The van der Waals surface area contributed by atoms with Gasteiger partial charge in [0.1, 0.15) is 11.6 Å². The standard InChI is InChI=1S/C10H9BrFNO2/c1-6(14)5-13-10(15)8-4-7(12)2-3-9(8)11/h2-4H,5H2,1H3,(H,13,15). The molecular weight excluding hydrogens is 265 g/mol. The molecular formula is C10H9BrFNO2. The van der Waals surface area contributed by atoms with Crippen molar-refractivity contribution in [3.8, 4) is 0 Å². The average molecular weight is 274 g/mol. The number of carbonyl (C=O) groups is 2. The highest BCUT2D eigenvalue weighted by Gasteiger charge is 2.10. The van der Waals surface area contributed by atoms with Crippen molar-refractivity contribution in [1.82, 2.24) is 5.32 Å². The first-order valence-electron chi connectivity index (χ1n) is 4.23. The Kier molecular flexibility index (Phi) is 3.96. The topological polar surface area (TPSA) is 46.2 Å². The molecule has 0 aliphatic carbocycles. The third-order valence-corrected chi connectivity index (χ3v) is 2.36. The fraction of sp³-hybridized carbons (Fsp3) is 0.200. The Morgan fingerprint density at radius 3 is 2.73 bits per heavy atom. The van der Waals surface area contributed by atoms with E-state index in [0.29, 0.717) is 4.47 Å². The predicted octanol–water partition coefficient (Wildman–Crippen LogP) is 1.91. The molecule has 1 amide bonds. The van der Waals surface area contributed by atoms with Crippen molar-refractivity contribution in [1.29, 1.82) is 0 Å². The third-order valence-electron chi connectivity index (χ3n) is 1.67. The van der Waals surface area contributed by atoms with Crippen LogP contribution in [-0.4, -0.2) is 18.2 Å². The minimum Gasteiger partial charge on any atom is -0.345 e. The van der Waals surface area contributed by atoms with E-state index in [1.807, 2.05) is 0 Å². The van der Waals surface area contributed by atoms with E-state index in [-0.39, 0.29) is 17.9 Å². The summed E-state index contributed by atoms with van der Waals surface area (Å²) in [6.07, 6.45) is 0. The van der Waals surface area contributed by atoms with Crippen LogP contribution < -0.4 is 5.32 Å². The molecule has 0 aliphatic rings. The van der Waals surface area contributed by atoms with Crippen molar-refractivity contribution >= 4 is 27.6 Å². The van der Waals surface area contributed by atoms with E-state index in [0.717, 1.165) is 6.07 Å². The maximum absolute atomic E-state index is 12.8. The Morgan fingerprint density at radius 1 is 1.47 bits per heavy atom. The molecule has 0 fully saturated rings. The van der Waals surface area contributed by atoms with Gasteiger partial charge in [-0.1, -0.05) is 0 Å². The number of hydrogen-bond acceptors (Lipinski definition) is 2. The molecule has 0 unspecified atom stereocenters. The van der Waals surface area contributed by atoms with Gasteiger partial charge in [-0.3, -0.25) is 9.59 Å². The Balaban J connectivity index is 2.81. The molecule has 0 saturated carbocycles. The highest BCUT2D eigenvalue weighted by molar-refractivity contribution is 9.10. The fourth-order valence-electron chi connectivity index (χ4n) is 0.971. The number of ketones is 1. The van der Waals surface area contributed by atoms with E-state index in [4.69, 9.17) is 0 Å². The van der Waals surface area contributed by atoms with Gasteiger partial charge in [0, 0.05) is 4.47 Å². The summed E-state index contributed by atoms with van der Waals surface area (Å²) in [6.45, 7) is 1.31. The Morgan fingerprint density at radius 2 is 2.13 bits per heavy atom. The first kappa shape index (κ1) is 11.8. The number of benzene rings is 1. The molecule has 0 aliphatic heterocycles. The first-order chi connectivity index (χ1) is 7.00. The molecule has 80 valence electrons. The van der Waals surface area contributed by atoms with Crippen LogP contribution in [0.2, 0.25) is 0 Å². The highest BCUT2D eigenvalue weighted by atomic mass is 79.9. The summed E-state index contributed by atoms with van der Waals surface area (Å²) in [4.78, 5) is 22.1. The van der Waals surface area contributed by atoms with Crippen molar-refractivity contribution in [2.24, 2.45) is 0 Å². The van der Waals surface area contributed by atoms with Gasteiger partial charge in [-0.2, -0.15) is 0 Å². The van der Waals surface area contributed by atoms with Crippen molar-refractivity contribution < 1.29 is 14.0 Å². The first-order valence-corrected chi connectivity index (χ1v) is 5.02. The van der Waals surface area contributed by atoms with Crippen LogP contribution in [0, 0.1) is 5.82 Å². The molecule has 0 aromatic heterocycles. The summed E-state index contributed by atoms with van der Waals surface area (Å²) in [5, 5.41) is 2.38. The Labute approximate surface area is 94.8 Å². The van der Waals surface area contributed by atoms with Gasteiger partial charge in [0.2, 0.25) is 0 Å². The molecule has 1 N–H and O–H groups in total. The lowest BCUT2D eigenvalue weighted by molar-refractivity contribution is -0.116. The van der Waals surface area contributed by atoms with Gasteiger partial charge >= 0.3 is 0 Å². The molecule has 0 heterocycles.